The molecule has 0 fully saturated rings. The first-order valence-corrected chi connectivity index (χ1v) is 11.6. The highest BCUT2D eigenvalue weighted by Gasteiger charge is 2.40. The molecule has 1 aliphatic rings. The molecule has 0 aliphatic carbocycles. The van der Waals surface area contributed by atoms with Gasteiger partial charge in [0.25, 0.3) is 5.91 Å². The van der Waals surface area contributed by atoms with Gasteiger partial charge in [0.2, 0.25) is 6.35 Å². The van der Waals surface area contributed by atoms with Crippen LogP contribution < -0.4 is 9.64 Å². The predicted octanol–water partition coefficient (Wildman–Crippen LogP) is 4.05. The number of hydrogen-bond acceptors (Lipinski definition) is 6. The van der Waals surface area contributed by atoms with Gasteiger partial charge in [-0.15, -0.1) is 0 Å². The molecule has 1 amide bonds. The third-order valence-corrected chi connectivity index (χ3v) is 6.14. The Morgan fingerprint density at radius 2 is 1.85 bits per heavy atom. The molecular weight excluding hydrogens is 456 g/mol. The van der Waals surface area contributed by atoms with Crippen LogP contribution in [0.2, 0.25) is 5.02 Å². The summed E-state index contributed by atoms with van der Waals surface area (Å²) in [5.74, 6) is 0.849. The number of para-hydroxylation sites is 1. The van der Waals surface area contributed by atoms with Gasteiger partial charge in [-0.3, -0.25) is 14.3 Å². The molecule has 1 unspecified atom stereocenters. The maximum atomic E-state index is 13.5. The number of imidazole rings is 1. The summed E-state index contributed by atoms with van der Waals surface area (Å²) < 4.78 is 8.03. The zero-order valence-corrected chi connectivity index (χ0v) is 20.2. The van der Waals surface area contributed by atoms with Gasteiger partial charge in [0.1, 0.15) is 5.75 Å². The summed E-state index contributed by atoms with van der Waals surface area (Å²) in [4.78, 5) is 21.0. The minimum Gasteiger partial charge on any atom is -0.425 e. The lowest BCUT2D eigenvalue weighted by atomic mass is 10.0. The van der Waals surface area contributed by atoms with E-state index in [0.29, 0.717) is 35.2 Å². The fourth-order valence-corrected chi connectivity index (χ4v) is 4.17. The number of aromatic nitrogens is 2. The third-order valence-electron chi connectivity index (χ3n) is 5.89. The van der Waals surface area contributed by atoms with Crippen LogP contribution in [0.4, 0.5) is 5.82 Å². The van der Waals surface area contributed by atoms with Crippen molar-refractivity contribution in [1.29, 1.82) is 0 Å². The van der Waals surface area contributed by atoms with Crippen LogP contribution in [-0.4, -0.2) is 57.1 Å². The van der Waals surface area contributed by atoms with Crippen LogP contribution in [0.3, 0.4) is 0 Å². The molecule has 34 heavy (non-hydrogen) atoms. The van der Waals surface area contributed by atoms with E-state index in [-0.39, 0.29) is 31.0 Å². The van der Waals surface area contributed by atoms with Crippen LogP contribution >= 0.6 is 11.6 Å². The van der Waals surface area contributed by atoms with Gasteiger partial charge in [-0.25, -0.2) is 0 Å². The third kappa shape index (κ3) is 4.61. The molecule has 180 valence electrons. The maximum Gasteiger partial charge on any atom is 0.304 e. The van der Waals surface area contributed by atoms with E-state index in [0.717, 1.165) is 11.1 Å². The second-order valence-corrected chi connectivity index (χ2v) is 9.04. The molecule has 3 aromatic rings. The molecule has 1 aromatic heterocycles. The summed E-state index contributed by atoms with van der Waals surface area (Å²) in [5.41, 5.74) is 2.25. The Balaban J connectivity index is 1.82. The highest BCUT2D eigenvalue weighted by atomic mass is 35.5. The second-order valence-electron chi connectivity index (χ2n) is 8.61. The molecule has 0 saturated heterocycles. The van der Waals surface area contributed by atoms with Crippen molar-refractivity contribution in [3.63, 3.8) is 0 Å². The van der Waals surface area contributed by atoms with Crippen molar-refractivity contribution in [1.82, 2.24) is 14.5 Å². The largest absolute Gasteiger partial charge is 0.425 e. The number of aliphatic hydroxyl groups excluding tert-OH is 2. The Labute approximate surface area is 204 Å². The highest BCUT2D eigenvalue weighted by Crippen LogP contribution is 2.37. The SMILES string of the molecule is CC(C)c1ccccc1Oc1nc2c(n1Cc1ccc(Cl)cc1)C(=O)N(CCCO)C(O)N2C. The van der Waals surface area contributed by atoms with Crippen molar-refractivity contribution in [3.8, 4) is 11.8 Å². The van der Waals surface area contributed by atoms with E-state index in [2.05, 4.69) is 18.8 Å². The van der Waals surface area contributed by atoms with Crippen molar-refractivity contribution < 1.29 is 19.7 Å². The molecule has 1 atom stereocenters. The van der Waals surface area contributed by atoms with E-state index in [1.165, 1.54) is 9.80 Å². The van der Waals surface area contributed by atoms with Gasteiger partial charge in [-0.1, -0.05) is 55.8 Å². The molecule has 0 spiro atoms. The number of rotatable bonds is 8. The topological polar surface area (TPSA) is 91.1 Å². The van der Waals surface area contributed by atoms with Crippen LogP contribution in [0, 0.1) is 0 Å². The smallest absolute Gasteiger partial charge is 0.304 e. The van der Waals surface area contributed by atoms with Gasteiger partial charge < -0.3 is 19.8 Å². The molecule has 2 aromatic carbocycles. The van der Waals surface area contributed by atoms with E-state index in [1.807, 2.05) is 36.4 Å². The highest BCUT2D eigenvalue weighted by molar-refractivity contribution is 6.30. The van der Waals surface area contributed by atoms with Crippen LogP contribution in [0.25, 0.3) is 0 Å². The summed E-state index contributed by atoms with van der Waals surface area (Å²) in [6.45, 7) is 4.61. The average Bonchev–Trinajstić information content (AvgIpc) is 3.17. The number of aliphatic hydroxyl groups is 2. The molecule has 0 radical (unpaired) electrons. The van der Waals surface area contributed by atoms with Crippen molar-refractivity contribution >= 4 is 23.3 Å². The maximum absolute atomic E-state index is 13.5. The molecule has 0 saturated carbocycles. The lowest BCUT2D eigenvalue weighted by Gasteiger charge is -2.38. The summed E-state index contributed by atoms with van der Waals surface area (Å²) in [6, 6.07) is 15.3. The zero-order chi connectivity index (χ0) is 24.4. The predicted molar refractivity (Wildman–Crippen MR) is 131 cm³/mol. The number of anilines is 1. The summed E-state index contributed by atoms with van der Waals surface area (Å²) in [7, 11) is 1.67. The Morgan fingerprint density at radius 3 is 2.53 bits per heavy atom. The molecule has 8 nitrogen and oxygen atoms in total. The van der Waals surface area contributed by atoms with Crippen molar-refractivity contribution in [2.45, 2.75) is 39.1 Å². The normalized spacial score (nSPS) is 15.7. The van der Waals surface area contributed by atoms with Gasteiger partial charge in [0.05, 0.1) is 6.54 Å². The van der Waals surface area contributed by atoms with Gasteiger partial charge >= 0.3 is 6.01 Å². The molecule has 2 N–H and O–H groups in total. The van der Waals surface area contributed by atoms with Gasteiger partial charge in [0, 0.05) is 25.2 Å². The number of amides is 1. The van der Waals surface area contributed by atoms with Crippen molar-refractivity contribution in [3.05, 3.63) is 70.4 Å². The Kier molecular flexibility index (Phi) is 7.11. The Morgan fingerprint density at radius 1 is 1.15 bits per heavy atom. The van der Waals surface area contributed by atoms with E-state index in [4.69, 9.17) is 16.3 Å². The van der Waals surface area contributed by atoms with Crippen LogP contribution in [-0.2, 0) is 6.54 Å². The van der Waals surface area contributed by atoms with Crippen LogP contribution in [0.5, 0.6) is 11.8 Å². The monoisotopic (exact) mass is 484 g/mol. The van der Waals surface area contributed by atoms with E-state index in [9.17, 15) is 15.0 Å². The van der Waals surface area contributed by atoms with Crippen LogP contribution in [0.1, 0.15) is 47.8 Å². The number of carbonyl (C=O) groups excluding carboxylic acids is 1. The van der Waals surface area contributed by atoms with E-state index < -0.39 is 6.35 Å². The molecule has 4 rings (SSSR count). The van der Waals surface area contributed by atoms with Gasteiger partial charge in [0.15, 0.2) is 11.5 Å². The fourth-order valence-electron chi connectivity index (χ4n) is 4.04. The lowest BCUT2D eigenvalue weighted by Crippen LogP contribution is -2.54. The minimum absolute atomic E-state index is 0.0859. The first-order chi connectivity index (χ1) is 16.3. The van der Waals surface area contributed by atoms with Gasteiger partial charge in [-0.05, 0) is 41.7 Å². The number of fused-ring (bicyclic) bond motifs is 1. The number of hydrogen-bond donors (Lipinski definition) is 2. The molecule has 2 heterocycles. The lowest BCUT2D eigenvalue weighted by molar-refractivity contribution is 0.00112. The minimum atomic E-state index is -1.19. The first-order valence-electron chi connectivity index (χ1n) is 11.3. The van der Waals surface area contributed by atoms with Crippen LogP contribution in [0.15, 0.2) is 48.5 Å². The first kappa shape index (κ1) is 24.1. The average molecular weight is 485 g/mol. The summed E-state index contributed by atoms with van der Waals surface area (Å²) in [6.07, 6.45) is -0.844. The quantitative estimate of drug-likeness (QED) is 0.501. The molecule has 0 bridgehead atoms. The molecular formula is C25H29ClN4O4. The number of nitrogens with zero attached hydrogens (tertiary/aromatic N) is 4. The number of ether oxygens (including phenoxy) is 1. The zero-order valence-electron chi connectivity index (χ0n) is 19.5. The number of carbonyl (C=O) groups is 1. The standard InChI is InChI=1S/C25H29ClN4O4/c1-16(2)19-7-4-5-8-20(19)34-24-27-22-21(30(24)15-17-9-11-18(26)12-10-17)23(32)29(13-6-14-31)25(33)28(22)3/h4-5,7-12,16,25,31,33H,6,13-15H2,1-3H3. The number of benzene rings is 2. The Bertz CT molecular complexity index is 1160. The van der Waals surface area contributed by atoms with Crippen molar-refractivity contribution in [2.75, 3.05) is 25.1 Å². The second kappa shape index (κ2) is 10.0. The molecule has 9 heteroatoms. The number of halogens is 1. The fraction of sp³-hybridized carbons (Fsp3) is 0.360. The van der Waals surface area contributed by atoms with E-state index in [1.54, 1.807) is 23.7 Å². The summed E-state index contributed by atoms with van der Waals surface area (Å²) >= 11 is 6.06. The molecule has 1 aliphatic heterocycles. The summed E-state index contributed by atoms with van der Waals surface area (Å²) in [5, 5.41) is 20.6. The van der Waals surface area contributed by atoms with Crippen molar-refractivity contribution in [2.24, 2.45) is 0 Å². The Hall–Kier alpha value is -3.07. The van der Waals surface area contributed by atoms with E-state index >= 15 is 0 Å². The van der Waals surface area contributed by atoms with Gasteiger partial charge in [-0.2, -0.15) is 4.98 Å².